The van der Waals surface area contributed by atoms with Gasteiger partial charge in [0.25, 0.3) is 0 Å². The van der Waals surface area contributed by atoms with Gasteiger partial charge in [-0.15, -0.1) is 0 Å². The van der Waals surface area contributed by atoms with Crippen molar-refractivity contribution in [1.82, 2.24) is 4.90 Å². The van der Waals surface area contributed by atoms with Gasteiger partial charge in [0.1, 0.15) is 0 Å². The topological polar surface area (TPSA) is 63.4 Å². The zero-order valence-corrected chi connectivity index (χ0v) is 7.67. The SMILES string of the molecule is CC(N)=O.CCN1CCCC1=O. The molecule has 0 radical (unpaired) electrons. The Labute approximate surface area is 72.7 Å². The van der Waals surface area contributed by atoms with Crippen LogP contribution in [0.3, 0.4) is 0 Å². The average molecular weight is 172 g/mol. The number of hydrogen-bond acceptors (Lipinski definition) is 2. The first kappa shape index (κ1) is 10.9. The number of rotatable bonds is 1. The predicted octanol–water partition coefficient (Wildman–Crippen LogP) is 0.120. The minimum Gasteiger partial charge on any atom is -0.370 e. The lowest BCUT2D eigenvalue weighted by Gasteiger charge is -2.10. The van der Waals surface area contributed by atoms with Gasteiger partial charge in [0.05, 0.1) is 0 Å². The van der Waals surface area contributed by atoms with E-state index in [-0.39, 0.29) is 5.91 Å². The standard InChI is InChI=1S/C6H11NO.C2H5NO/c1-2-7-5-3-4-6(7)8;1-2(3)4/h2-5H2,1H3;1H3,(H2,3,4). The second-order valence-electron chi connectivity index (χ2n) is 2.69. The molecule has 12 heavy (non-hydrogen) atoms. The second-order valence-corrected chi connectivity index (χ2v) is 2.69. The first-order valence-electron chi connectivity index (χ1n) is 4.11. The number of carbonyl (C=O) groups excluding carboxylic acids is 2. The van der Waals surface area contributed by atoms with Gasteiger partial charge in [-0.3, -0.25) is 9.59 Å². The van der Waals surface area contributed by atoms with E-state index in [1.807, 2.05) is 11.8 Å². The molecule has 1 saturated heterocycles. The van der Waals surface area contributed by atoms with E-state index in [0.717, 1.165) is 25.9 Å². The molecule has 0 atom stereocenters. The first-order valence-corrected chi connectivity index (χ1v) is 4.11. The Bertz CT molecular complexity index is 164. The highest BCUT2D eigenvalue weighted by Gasteiger charge is 2.16. The second kappa shape index (κ2) is 5.57. The van der Waals surface area contributed by atoms with E-state index in [1.165, 1.54) is 6.92 Å². The van der Waals surface area contributed by atoms with E-state index in [0.29, 0.717) is 5.91 Å². The molecule has 1 aliphatic rings. The molecule has 0 saturated carbocycles. The van der Waals surface area contributed by atoms with Crippen LogP contribution in [-0.2, 0) is 9.59 Å². The lowest BCUT2D eigenvalue weighted by molar-refractivity contribution is -0.127. The molecule has 2 amide bonds. The molecule has 70 valence electrons. The van der Waals surface area contributed by atoms with Crippen LogP contribution in [0.25, 0.3) is 0 Å². The lowest BCUT2D eigenvalue weighted by Crippen LogP contribution is -2.23. The summed E-state index contributed by atoms with van der Waals surface area (Å²) in [7, 11) is 0. The van der Waals surface area contributed by atoms with Crippen LogP contribution in [-0.4, -0.2) is 29.8 Å². The fourth-order valence-electron chi connectivity index (χ4n) is 1.04. The summed E-state index contributed by atoms with van der Waals surface area (Å²) in [5, 5.41) is 0. The maximum absolute atomic E-state index is 10.7. The maximum atomic E-state index is 10.7. The van der Waals surface area contributed by atoms with Crippen molar-refractivity contribution in [3.63, 3.8) is 0 Å². The molecular formula is C8H16N2O2. The van der Waals surface area contributed by atoms with Gasteiger partial charge in [0.2, 0.25) is 11.8 Å². The van der Waals surface area contributed by atoms with Gasteiger partial charge in [-0.1, -0.05) is 0 Å². The molecule has 1 aliphatic heterocycles. The van der Waals surface area contributed by atoms with Gasteiger partial charge in [-0.05, 0) is 13.3 Å². The Morgan fingerprint density at radius 3 is 2.33 bits per heavy atom. The summed E-state index contributed by atoms with van der Waals surface area (Å²) in [6.45, 7) is 5.19. The van der Waals surface area contributed by atoms with E-state index < -0.39 is 0 Å². The van der Waals surface area contributed by atoms with Crippen molar-refractivity contribution >= 4 is 11.8 Å². The molecule has 0 aromatic heterocycles. The molecule has 4 heteroatoms. The molecule has 0 bridgehead atoms. The Hall–Kier alpha value is -1.06. The van der Waals surface area contributed by atoms with E-state index in [2.05, 4.69) is 5.73 Å². The van der Waals surface area contributed by atoms with E-state index in [4.69, 9.17) is 0 Å². The number of primary amides is 1. The van der Waals surface area contributed by atoms with Crippen LogP contribution in [0, 0.1) is 0 Å². The number of nitrogens with two attached hydrogens (primary N) is 1. The molecule has 0 aromatic carbocycles. The third-order valence-corrected chi connectivity index (χ3v) is 1.55. The largest absolute Gasteiger partial charge is 0.370 e. The first-order chi connectivity index (χ1) is 5.57. The van der Waals surface area contributed by atoms with Gasteiger partial charge in [0, 0.05) is 26.4 Å². The van der Waals surface area contributed by atoms with Crippen molar-refractivity contribution in [1.29, 1.82) is 0 Å². The lowest BCUT2D eigenvalue weighted by atomic mass is 10.4. The van der Waals surface area contributed by atoms with E-state index in [1.54, 1.807) is 0 Å². The number of nitrogens with zero attached hydrogens (tertiary/aromatic N) is 1. The molecule has 1 rings (SSSR count). The van der Waals surface area contributed by atoms with Crippen molar-refractivity contribution in [2.24, 2.45) is 5.73 Å². The minimum absolute atomic E-state index is 0.326. The van der Waals surface area contributed by atoms with Crippen LogP contribution >= 0.6 is 0 Å². The van der Waals surface area contributed by atoms with Gasteiger partial charge in [-0.2, -0.15) is 0 Å². The molecule has 1 heterocycles. The zero-order chi connectivity index (χ0) is 9.56. The molecule has 4 nitrogen and oxygen atoms in total. The summed E-state index contributed by atoms with van der Waals surface area (Å²) in [4.78, 5) is 21.8. The number of likely N-dealkylation sites (tertiary alicyclic amines) is 1. The van der Waals surface area contributed by atoms with Gasteiger partial charge < -0.3 is 10.6 Å². The molecule has 0 aliphatic carbocycles. The highest BCUT2D eigenvalue weighted by Crippen LogP contribution is 2.07. The molecular weight excluding hydrogens is 156 g/mol. The van der Waals surface area contributed by atoms with Crippen LogP contribution in [0.2, 0.25) is 0 Å². The molecule has 2 N–H and O–H groups in total. The summed E-state index contributed by atoms with van der Waals surface area (Å²) in [5.74, 6) is -0.00694. The summed E-state index contributed by atoms with van der Waals surface area (Å²) in [6.07, 6.45) is 1.83. The fourth-order valence-corrected chi connectivity index (χ4v) is 1.04. The highest BCUT2D eigenvalue weighted by molar-refractivity contribution is 5.77. The van der Waals surface area contributed by atoms with Crippen molar-refractivity contribution in [3.8, 4) is 0 Å². The van der Waals surface area contributed by atoms with Crippen LogP contribution in [0.1, 0.15) is 26.7 Å². The van der Waals surface area contributed by atoms with Crippen molar-refractivity contribution in [2.75, 3.05) is 13.1 Å². The third kappa shape index (κ3) is 4.71. The number of hydrogen-bond donors (Lipinski definition) is 1. The van der Waals surface area contributed by atoms with Crippen molar-refractivity contribution in [2.45, 2.75) is 26.7 Å². The minimum atomic E-state index is -0.333. The Balaban J connectivity index is 0.000000261. The van der Waals surface area contributed by atoms with Gasteiger partial charge >= 0.3 is 0 Å². The summed E-state index contributed by atoms with van der Waals surface area (Å²) < 4.78 is 0. The quantitative estimate of drug-likeness (QED) is 0.610. The molecule has 1 fully saturated rings. The summed E-state index contributed by atoms with van der Waals surface area (Å²) in [5.41, 5.74) is 4.47. The number of carbonyl (C=O) groups is 2. The maximum Gasteiger partial charge on any atom is 0.222 e. The molecule has 0 spiro atoms. The summed E-state index contributed by atoms with van der Waals surface area (Å²) in [6, 6.07) is 0. The third-order valence-electron chi connectivity index (χ3n) is 1.55. The van der Waals surface area contributed by atoms with E-state index in [9.17, 15) is 9.59 Å². The highest BCUT2D eigenvalue weighted by atomic mass is 16.2. The van der Waals surface area contributed by atoms with Crippen molar-refractivity contribution in [3.05, 3.63) is 0 Å². The predicted molar refractivity (Wildman–Crippen MR) is 46.4 cm³/mol. The van der Waals surface area contributed by atoms with Crippen LogP contribution < -0.4 is 5.73 Å². The Morgan fingerprint density at radius 2 is 2.17 bits per heavy atom. The Morgan fingerprint density at radius 1 is 1.67 bits per heavy atom. The smallest absolute Gasteiger partial charge is 0.222 e. The van der Waals surface area contributed by atoms with E-state index >= 15 is 0 Å². The monoisotopic (exact) mass is 172 g/mol. The molecule has 0 unspecified atom stereocenters. The van der Waals surface area contributed by atoms with Crippen LogP contribution in [0.5, 0.6) is 0 Å². The van der Waals surface area contributed by atoms with Gasteiger partial charge in [-0.25, -0.2) is 0 Å². The molecule has 0 aromatic rings. The summed E-state index contributed by atoms with van der Waals surface area (Å²) >= 11 is 0. The Kier molecular flexibility index (Phi) is 5.08. The normalized spacial score (nSPS) is 15.5. The van der Waals surface area contributed by atoms with Crippen LogP contribution in [0.15, 0.2) is 0 Å². The number of amides is 2. The van der Waals surface area contributed by atoms with Gasteiger partial charge in [0.15, 0.2) is 0 Å². The zero-order valence-electron chi connectivity index (χ0n) is 7.67. The van der Waals surface area contributed by atoms with Crippen molar-refractivity contribution < 1.29 is 9.59 Å². The fraction of sp³-hybridized carbons (Fsp3) is 0.750. The average Bonchev–Trinajstić information content (AvgIpc) is 2.33. The van der Waals surface area contributed by atoms with Crippen LogP contribution in [0.4, 0.5) is 0 Å².